The topological polar surface area (TPSA) is 111 Å². The molecule has 1 N–H and O–H groups in total. The highest BCUT2D eigenvalue weighted by Gasteiger charge is 2.41. The van der Waals surface area contributed by atoms with Crippen LogP contribution in [-0.4, -0.2) is 52.5 Å². The molecule has 0 aromatic heterocycles. The van der Waals surface area contributed by atoms with E-state index in [4.69, 9.17) is 9.47 Å². The first-order chi connectivity index (χ1) is 16.3. The van der Waals surface area contributed by atoms with Crippen molar-refractivity contribution in [2.45, 2.75) is 52.3 Å². The highest BCUT2D eigenvalue weighted by atomic mass is 32.2. The maximum Gasteiger partial charge on any atom is 0.513 e. The SMILES string of the molecule is CCOC(=O)OC1=C(c2cc(C)ccc2C)C(=O)NC1CC1CCS(=O)(=NC(=O)C(F)(F)F)CC1. The van der Waals surface area contributed by atoms with Crippen LogP contribution in [0, 0.1) is 19.8 Å². The van der Waals surface area contributed by atoms with Gasteiger partial charge in [0.2, 0.25) is 0 Å². The fourth-order valence-electron chi connectivity index (χ4n) is 4.18. The zero-order chi connectivity index (χ0) is 26.0. The number of carbonyl (C=O) groups is 3. The predicted molar refractivity (Wildman–Crippen MR) is 122 cm³/mol. The van der Waals surface area contributed by atoms with Crippen LogP contribution in [0.2, 0.25) is 0 Å². The molecule has 1 fully saturated rings. The number of ether oxygens (including phenoxy) is 2. The molecule has 2 aliphatic rings. The summed E-state index contributed by atoms with van der Waals surface area (Å²) in [6.07, 6.45) is -5.33. The number of rotatable bonds is 5. The van der Waals surface area contributed by atoms with Crippen molar-refractivity contribution in [2.24, 2.45) is 10.3 Å². The molecule has 2 aliphatic heterocycles. The summed E-state index contributed by atoms with van der Waals surface area (Å²) in [5, 5.41) is 2.82. The minimum absolute atomic E-state index is 0.0775. The smallest absolute Gasteiger partial charge is 0.434 e. The molecule has 1 aromatic rings. The van der Waals surface area contributed by atoms with Crippen molar-refractivity contribution < 1.29 is 41.2 Å². The van der Waals surface area contributed by atoms with Crippen LogP contribution in [0.1, 0.15) is 42.9 Å². The second-order valence-electron chi connectivity index (χ2n) is 8.62. The molecular formula is C23H27F3N2O6S. The van der Waals surface area contributed by atoms with E-state index in [-0.39, 0.29) is 48.2 Å². The van der Waals surface area contributed by atoms with E-state index in [9.17, 15) is 31.8 Å². The first-order valence-corrected chi connectivity index (χ1v) is 13.0. The summed E-state index contributed by atoms with van der Waals surface area (Å²) in [6.45, 7) is 5.39. The fourth-order valence-corrected chi connectivity index (χ4v) is 6.37. The molecule has 192 valence electrons. The standard InChI is InChI=1S/C23H27F3N2O6S/c1-4-33-22(31)34-19-17(27-20(29)18(19)16-11-13(2)5-6-14(16)3)12-15-7-9-35(32,10-8-15)28-21(30)23(24,25)26/h5-6,11,15,17H,4,7-10,12H2,1-3H3,(H,27,29). The molecule has 2 amide bonds. The average Bonchev–Trinajstić information content (AvgIpc) is 3.05. The summed E-state index contributed by atoms with van der Waals surface area (Å²) in [5.74, 6) is -3.12. The number of aryl methyl sites for hydroxylation is 2. The van der Waals surface area contributed by atoms with Gasteiger partial charge in [-0.3, -0.25) is 9.59 Å². The molecule has 1 aromatic carbocycles. The number of hydrogen-bond acceptors (Lipinski definition) is 6. The Kier molecular flexibility index (Phi) is 7.93. The van der Waals surface area contributed by atoms with Crippen LogP contribution in [0.3, 0.4) is 0 Å². The lowest BCUT2D eigenvalue weighted by Crippen LogP contribution is -2.35. The van der Waals surface area contributed by atoms with E-state index in [1.165, 1.54) is 0 Å². The Bertz CT molecular complexity index is 1170. The van der Waals surface area contributed by atoms with Gasteiger partial charge in [-0.1, -0.05) is 23.8 Å². The normalized spacial score (nSPS) is 24.7. The van der Waals surface area contributed by atoms with Crippen LogP contribution in [-0.2, 0) is 28.8 Å². The Morgan fingerprint density at radius 2 is 1.86 bits per heavy atom. The molecule has 0 spiro atoms. The Morgan fingerprint density at radius 3 is 2.46 bits per heavy atom. The number of carbonyl (C=O) groups excluding carboxylic acids is 3. The van der Waals surface area contributed by atoms with Gasteiger partial charge in [0, 0.05) is 11.5 Å². The van der Waals surface area contributed by atoms with Gasteiger partial charge in [-0.25, -0.2) is 9.00 Å². The van der Waals surface area contributed by atoms with Gasteiger partial charge in [0.15, 0.2) is 0 Å². The molecule has 2 heterocycles. The van der Waals surface area contributed by atoms with Gasteiger partial charge in [-0.2, -0.15) is 17.5 Å². The number of alkyl halides is 3. The number of nitrogens with zero attached hydrogens (tertiary/aromatic N) is 1. The third-order valence-electron chi connectivity index (χ3n) is 5.96. The molecule has 0 bridgehead atoms. The lowest BCUT2D eigenvalue weighted by atomic mass is 9.92. The van der Waals surface area contributed by atoms with E-state index >= 15 is 0 Å². The Hall–Kier alpha value is -2.89. The molecule has 0 radical (unpaired) electrons. The summed E-state index contributed by atoms with van der Waals surface area (Å²) in [7, 11) is -3.30. The van der Waals surface area contributed by atoms with Crippen LogP contribution in [0.4, 0.5) is 18.0 Å². The number of benzene rings is 1. The van der Waals surface area contributed by atoms with Gasteiger partial charge in [-0.15, -0.1) is 0 Å². The molecule has 3 rings (SSSR count). The Balaban J connectivity index is 1.84. The Labute approximate surface area is 201 Å². The molecule has 1 unspecified atom stereocenters. The van der Waals surface area contributed by atoms with Crippen LogP contribution in [0.5, 0.6) is 0 Å². The number of halogens is 3. The number of amides is 2. The minimum Gasteiger partial charge on any atom is -0.434 e. The van der Waals surface area contributed by atoms with Gasteiger partial charge in [0.25, 0.3) is 5.91 Å². The lowest BCUT2D eigenvalue weighted by molar-refractivity contribution is -0.169. The van der Waals surface area contributed by atoms with Gasteiger partial charge < -0.3 is 14.8 Å². The van der Waals surface area contributed by atoms with Crippen molar-refractivity contribution in [3.63, 3.8) is 0 Å². The summed E-state index contributed by atoms with van der Waals surface area (Å²) in [5.41, 5.74) is 2.54. The first kappa shape index (κ1) is 26.7. The van der Waals surface area contributed by atoms with Gasteiger partial charge in [0.1, 0.15) is 5.76 Å². The quantitative estimate of drug-likeness (QED) is 0.592. The van der Waals surface area contributed by atoms with Crippen LogP contribution in [0.25, 0.3) is 5.57 Å². The highest BCUT2D eigenvalue weighted by Crippen LogP contribution is 2.35. The van der Waals surface area contributed by atoms with E-state index in [0.29, 0.717) is 12.0 Å². The van der Waals surface area contributed by atoms with Crippen molar-refractivity contribution in [1.29, 1.82) is 0 Å². The molecule has 8 nitrogen and oxygen atoms in total. The van der Waals surface area contributed by atoms with Crippen molar-refractivity contribution in [3.05, 3.63) is 40.6 Å². The van der Waals surface area contributed by atoms with E-state index in [0.717, 1.165) is 11.1 Å². The van der Waals surface area contributed by atoms with Crippen LogP contribution in [0.15, 0.2) is 28.3 Å². The van der Waals surface area contributed by atoms with Crippen LogP contribution >= 0.6 is 0 Å². The molecule has 1 atom stereocenters. The van der Waals surface area contributed by atoms with E-state index < -0.39 is 39.9 Å². The van der Waals surface area contributed by atoms with E-state index in [1.807, 2.05) is 32.0 Å². The summed E-state index contributed by atoms with van der Waals surface area (Å²) in [6, 6.07) is 4.87. The fraction of sp³-hybridized carbons (Fsp3) is 0.522. The number of nitrogens with one attached hydrogen (secondary N) is 1. The highest BCUT2D eigenvalue weighted by molar-refractivity contribution is 7.93. The van der Waals surface area contributed by atoms with Gasteiger partial charge >= 0.3 is 18.2 Å². The third kappa shape index (κ3) is 6.41. The van der Waals surface area contributed by atoms with E-state index in [2.05, 4.69) is 9.68 Å². The first-order valence-electron chi connectivity index (χ1n) is 11.1. The molecule has 0 saturated carbocycles. The summed E-state index contributed by atoms with van der Waals surface area (Å²) < 4.78 is 63.5. The zero-order valence-electron chi connectivity index (χ0n) is 19.6. The molecule has 0 aliphatic carbocycles. The third-order valence-corrected chi connectivity index (χ3v) is 8.21. The van der Waals surface area contributed by atoms with Gasteiger partial charge in [-0.05, 0) is 57.1 Å². The average molecular weight is 517 g/mol. The van der Waals surface area contributed by atoms with E-state index in [1.54, 1.807) is 6.92 Å². The maximum absolute atomic E-state index is 13.0. The maximum atomic E-state index is 13.0. The lowest BCUT2D eigenvalue weighted by Gasteiger charge is -2.27. The second-order valence-corrected chi connectivity index (χ2v) is 11.2. The predicted octanol–water partition coefficient (Wildman–Crippen LogP) is 4.04. The number of hydrogen-bond donors (Lipinski definition) is 1. The monoisotopic (exact) mass is 516 g/mol. The van der Waals surface area contributed by atoms with Gasteiger partial charge in [0.05, 0.1) is 28.0 Å². The Morgan fingerprint density at radius 1 is 1.20 bits per heavy atom. The van der Waals surface area contributed by atoms with Crippen molar-refractivity contribution in [1.82, 2.24) is 5.32 Å². The van der Waals surface area contributed by atoms with Crippen molar-refractivity contribution >= 4 is 33.3 Å². The zero-order valence-corrected chi connectivity index (χ0v) is 20.4. The molecular weight excluding hydrogens is 489 g/mol. The summed E-state index contributed by atoms with van der Waals surface area (Å²) >= 11 is 0. The largest absolute Gasteiger partial charge is 0.513 e. The van der Waals surface area contributed by atoms with Crippen molar-refractivity contribution in [3.8, 4) is 0 Å². The van der Waals surface area contributed by atoms with Crippen molar-refractivity contribution in [2.75, 3.05) is 18.1 Å². The minimum atomic E-state index is -5.16. The summed E-state index contributed by atoms with van der Waals surface area (Å²) in [4.78, 5) is 36.3. The molecule has 12 heteroatoms. The molecule has 1 saturated heterocycles. The molecule has 35 heavy (non-hydrogen) atoms. The second kappa shape index (κ2) is 10.4. The van der Waals surface area contributed by atoms with Crippen LogP contribution < -0.4 is 5.32 Å².